The summed E-state index contributed by atoms with van der Waals surface area (Å²) in [6.07, 6.45) is 11.8. The number of methoxy groups -OCH3 is 1. The first-order chi connectivity index (χ1) is 15.1. The van der Waals surface area contributed by atoms with Gasteiger partial charge in [0.15, 0.2) is 11.5 Å². The first kappa shape index (κ1) is 21.2. The molecule has 2 aromatic rings. The molecule has 2 fully saturated rings. The number of carbonyl (C=O) groups is 1. The second kappa shape index (κ2) is 9.39. The number of benzene rings is 2. The van der Waals surface area contributed by atoms with E-state index in [1.165, 1.54) is 12.8 Å². The molecule has 0 unspecified atom stereocenters. The Labute approximate surface area is 184 Å². The van der Waals surface area contributed by atoms with Gasteiger partial charge in [-0.25, -0.2) is 0 Å². The highest BCUT2D eigenvalue weighted by Crippen LogP contribution is 2.43. The average Bonchev–Trinajstić information content (AvgIpc) is 3.32. The van der Waals surface area contributed by atoms with E-state index < -0.39 is 0 Å². The molecule has 31 heavy (non-hydrogen) atoms. The lowest BCUT2D eigenvalue weighted by molar-refractivity contribution is -0.121. The summed E-state index contributed by atoms with van der Waals surface area (Å²) in [5.74, 6) is 1.87. The van der Waals surface area contributed by atoms with Crippen LogP contribution in [0.3, 0.4) is 0 Å². The number of hydrogen-bond donors (Lipinski definition) is 0. The Bertz CT molecular complexity index is 1000. The first-order valence-electron chi connectivity index (χ1n) is 11.2. The molecule has 0 spiro atoms. The van der Waals surface area contributed by atoms with Crippen LogP contribution in [0.1, 0.15) is 68.1 Å². The molecule has 0 heterocycles. The molecule has 4 heteroatoms. The van der Waals surface area contributed by atoms with Gasteiger partial charge in [0.2, 0.25) is 0 Å². The summed E-state index contributed by atoms with van der Waals surface area (Å²) in [6, 6.07) is 16.0. The zero-order valence-corrected chi connectivity index (χ0v) is 18.1. The molecule has 160 valence electrons. The molecule has 0 radical (unpaired) electrons. The van der Waals surface area contributed by atoms with Gasteiger partial charge in [-0.1, -0.05) is 30.4 Å². The fraction of sp³-hybridized carbons (Fsp3) is 0.407. The maximum absolute atomic E-state index is 12.0. The van der Waals surface area contributed by atoms with E-state index in [1.54, 1.807) is 7.11 Å². The van der Waals surface area contributed by atoms with Crippen molar-refractivity contribution in [3.05, 3.63) is 65.2 Å². The minimum atomic E-state index is -0.239. The Balaban J connectivity index is 1.69. The predicted molar refractivity (Wildman–Crippen MR) is 121 cm³/mol. The van der Waals surface area contributed by atoms with E-state index in [9.17, 15) is 10.1 Å². The third kappa shape index (κ3) is 4.82. The van der Waals surface area contributed by atoms with E-state index in [1.807, 2.05) is 30.3 Å². The summed E-state index contributed by atoms with van der Waals surface area (Å²) in [6.45, 7) is 0. The number of Topliss-reactive ketones (excluding diaryl/α,β-unsaturated/α-hetero) is 1. The van der Waals surface area contributed by atoms with Crippen LogP contribution in [-0.2, 0) is 10.2 Å². The van der Waals surface area contributed by atoms with Crippen LogP contribution in [0.4, 0.5) is 0 Å². The number of rotatable bonds is 6. The van der Waals surface area contributed by atoms with Crippen molar-refractivity contribution < 1.29 is 14.3 Å². The van der Waals surface area contributed by atoms with Crippen LogP contribution in [0.15, 0.2) is 48.5 Å². The predicted octanol–water partition coefficient (Wildman–Crippen LogP) is 5.98. The number of nitrogens with zero attached hydrogens (tertiary/aromatic N) is 1. The molecule has 0 amide bonds. The number of hydrogen-bond acceptors (Lipinski definition) is 4. The zero-order chi connectivity index (χ0) is 21.7. The molecule has 4 nitrogen and oxygen atoms in total. The van der Waals surface area contributed by atoms with Crippen molar-refractivity contribution in [2.45, 2.75) is 62.9 Å². The number of carbonyl (C=O) groups excluding carboxylic acids is 1. The molecule has 2 saturated carbocycles. The summed E-state index contributed by atoms with van der Waals surface area (Å²) in [5.41, 5.74) is 2.55. The lowest BCUT2D eigenvalue weighted by Gasteiger charge is -2.35. The highest BCUT2D eigenvalue weighted by atomic mass is 16.5. The SMILES string of the molecule is COc1ccc(C2(/C=C/c3cccc(C#N)c3)CCC(=O)CC2)cc1OC1CCCC1. The molecule has 2 aromatic carbocycles. The summed E-state index contributed by atoms with van der Waals surface area (Å²) in [7, 11) is 1.67. The van der Waals surface area contributed by atoms with Gasteiger partial charge >= 0.3 is 0 Å². The van der Waals surface area contributed by atoms with Gasteiger partial charge in [-0.05, 0) is 73.9 Å². The molecule has 0 aromatic heterocycles. The number of ether oxygens (including phenoxy) is 2. The van der Waals surface area contributed by atoms with Crippen LogP contribution in [-0.4, -0.2) is 19.0 Å². The van der Waals surface area contributed by atoms with Gasteiger partial charge in [0.25, 0.3) is 0 Å². The Morgan fingerprint density at radius 3 is 2.55 bits per heavy atom. The monoisotopic (exact) mass is 415 g/mol. The van der Waals surface area contributed by atoms with Gasteiger partial charge in [-0.3, -0.25) is 4.79 Å². The normalized spacial score (nSPS) is 18.8. The second-order valence-electron chi connectivity index (χ2n) is 8.66. The van der Waals surface area contributed by atoms with Crippen LogP contribution >= 0.6 is 0 Å². The summed E-state index contributed by atoms with van der Waals surface area (Å²) in [5, 5.41) is 9.20. The smallest absolute Gasteiger partial charge is 0.161 e. The van der Waals surface area contributed by atoms with E-state index in [0.29, 0.717) is 24.2 Å². The van der Waals surface area contributed by atoms with E-state index in [4.69, 9.17) is 9.47 Å². The highest BCUT2D eigenvalue weighted by Gasteiger charge is 2.35. The summed E-state index contributed by atoms with van der Waals surface area (Å²) >= 11 is 0. The van der Waals surface area contributed by atoms with Crippen LogP contribution < -0.4 is 9.47 Å². The molecule has 0 saturated heterocycles. The highest BCUT2D eigenvalue weighted by molar-refractivity contribution is 5.80. The first-order valence-corrected chi connectivity index (χ1v) is 11.2. The molecule has 4 rings (SSSR count). The fourth-order valence-corrected chi connectivity index (χ4v) is 4.76. The average molecular weight is 416 g/mol. The summed E-state index contributed by atoms with van der Waals surface area (Å²) < 4.78 is 11.9. The molecule has 0 N–H and O–H groups in total. The molecule has 2 aliphatic carbocycles. The third-order valence-corrected chi connectivity index (χ3v) is 6.64. The lowest BCUT2D eigenvalue weighted by Crippen LogP contribution is -2.30. The number of allylic oxidation sites excluding steroid dienone is 1. The van der Waals surface area contributed by atoms with Gasteiger partial charge in [0, 0.05) is 18.3 Å². The van der Waals surface area contributed by atoms with Gasteiger partial charge < -0.3 is 9.47 Å². The summed E-state index contributed by atoms with van der Waals surface area (Å²) in [4.78, 5) is 12.0. The number of nitriles is 1. The van der Waals surface area contributed by atoms with Gasteiger partial charge in [-0.15, -0.1) is 0 Å². The molecule has 0 atom stereocenters. The van der Waals surface area contributed by atoms with Crippen LogP contribution in [0.25, 0.3) is 6.08 Å². The Kier molecular flexibility index (Phi) is 6.42. The Morgan fingerprint density at radius 2 is 1.84 bits per heavy atom. The quantitative estimate of drug-likeness (QED) is 0.582. The minimum absolute atomic E-state index is 0.239. The Hall–Kier alpha value is -3.06. The molecule has 0 aliphatic heterocycles. The molecule has 0 bridgehead atoms. The molecular formula is C27H29NO3. The largest absolute Gasteiger partial charge is 0.493 e. The zero-order valence-electron chi connectivity index (χ0n) is 18.1. The van der Waals surface area contributed by atoms with Gasteiger partial charge in [0.1, 0.15) is 5.78 Å². The number of ketones is 1. The lowest BCUT2D eigenvalue weighted by atomic mass is 9.68. The maximum atomic E-state index is 12.0. The minimum Gasteiger partial charge on any atom is -0.493 e. The van der Waals surface area contributed by atoms with Crippen molar-refractivity contribution in [1.29, 1.82) is 5.26 Å². The standard InChI is InChI=1S/C27H29NO3/c1-30-25-10-9-22(18-26(25)31-24-7-2-3-8-24)27(15-12-23(29)13-16-27)14-11-20-5-4-6-21(17-20)19-28/h4-6,9-11,14,17-18,24H,2-3,7-8,12-13,15-16H2,1H3/b14-11+. The Morgan fingerprint density at radius 1 is 1.06 bits per heavy atom. The third-order valence-electron chi connectivity index (χ3n) is 6.64. The van der Waals surface area contributed by atoms with Gasteiger partial charge in [-0.2, -0.15) is 5.26 Å². The van der Waals surface area contributed by atoms with Crippen LogP contribution in [0.5, 0.6) is 11.5 Å². The fourth-order valence-electron chi connectivity index (χ4n) is 4.76. The second-order valence-corrected chi connectivity index (χ2v) is 8.66. The van der Waals surface area contributed by atoms with E-state index in [2.05, 4.69) is 30.4 Å². The van der Waals surface area contributed by atoms with Crippen molar-refractivity contribution in [2.75, 3.05) is 7.11 Å². The van der Waals surface area contributed by atoms with Crippen molar-refractivity contribution in [2.24, 2.45) is 0 Å². The van der Waals surface area contributed by atoms with Crippen molar-refractivity contribution >= 4 is 11.9 Å². The van der Waals surface area contributed by atoms with Crippen molar-refractivity contribution in [1.82, 2.24) is 0 Å². The topological polar surface area (TPSA) is 59.3 Å². The molecular weight excluding hydrogens is 386 g/mol. The van der Waals surface area contributed by atoms with E-state index >= 15 is 0 Å². The van der Waals surface area contributed by atoms with E-state index in [-0.39, 0.29) is 11.5 Å². The maximum Gasteiger partial charge on any atom is 0.161 e. The van der Waals surface area contributed by atoms with Crippen molar-refractivity contribution in [3.8, 4) is 17.6 Å². The van der Waals surface area contributed by atoms with Crippen LogP contribution in [0, 0.1) is 11.3 Å². The van der Waals surface area contributed by atoms with Crippen LogP contribution in [0.2, 0.25) is 0 Å². The van der Waals surface area contributed by atoms with E-state index in [0.717, 1.165) is 48.3 Å². The van der Waals surface area contributed by atoms with Gasteiger partial charge in [0.05, 0.1) is 24.8 Å². The van der Waals surface area contributed by atoms with Crippen molar-refractivity contribution in [3.63, 3.8) is 0 Å². The molecule has 2 aliphatic rings.